The van der Waals surface area contributed by atoms with E-state index in [0.717, 1.165) is 6.61 Å². The summed E-state index contributed by atoms with van der Waals surface area (Å²) in [4.78, 5) is 0. The van der Waals surface area contributed by atoms with Gasteiger partial charge in [0.1, 0.15) is 0 Å². The van der Waals surface area contributed by atoms with Crippen LogP contribution < -0.4 is 0 Å². The zero-order valence-corrected chi connectivity index (χ0v) is 8.46. The number of rotatable bonds is 4. The predicted molar refractivity (Wildman–Crippen MR) is 50.5 cm³/mol. The lowest BCUT2D eigenvalue weighted by Gasteiger charge is -2.00. The maximum atomic E-state index is 5.50. The summed E-state index contributed by atoms with van der Waals surface area (Å²) in [5, 5.41) is 0. The quantitative estimate of drug-likeness (QED) is 0.393. The summed E-state index contributed by atoms with van der Waals surface area (Å²) in [6.07, 6.45) is 0. The summed E-state index contributed by atoms with van der Waals surface area (Å²) in [6, 6.07) is 10.1. The third-order valence-corrected chi connectivity index (χ3v) is 2.44. The molecule has 11 heavy (non-hydrogen) atoms. The molecule has 0 saturated heterocycles. The van der Waals surface area contributed by atoms with Crippen LogP contribution in [0.25, 0.3) is 0 Å². The highest BCUT2D eigenvalue weighted by molar-refractivity contribution is 6.45. The molecule has 0 amide bonds. The first kappa shape index (κ1) is 8.78. The maximum absolute atomic E-state index is 5.50. The van der Waals surface area contributed by atoms with Crippen LogP contribution in [0.4, 0.5) is 0 Å². The molecule has 0 atom stereocenters. The summed E-state index contributed by atoms with van der Waals surface area (Å²) < 4.78 is 5.38. The molecule has 0 fully saturated rings. The van der Waals surface area contributed by atoms with Gasteiger partial charge in [-0.1, -0.05) is 30.3 Å². The lowest BCUT2D eigenvalue weighted by molar-refractivity contribution is 0.327. The van der Waals surface area contributed by atoms with Crippen molar-refractivity contribution in [1.82, 2.24) is 0 Å². The van der Waals surface area contributed by atoms with Gasteiger partial charge in [0.05, 0.1) is 6.61 Å². The SMILES string of the molecule is ClC[SiH2]OCc1ccccc1. The fourth-order valence-corrected chi connectivity index (χ4v) is 1.64. The highest BCUT2D eigenvalue weighted by Crippen LogP contribution is 1.99. The van der Waals surface area contributed by atoms with Crippen LogP contribution in [0.15, 0.2) is 30.3 Å². The van der Waals surface area contributed by atoms with E-state index in [1.807, 2.05) is 18.2 Å². The van der Waals surface area contributed by atoms with Gasteiger partial charge < -0.3 is 4.43 Å². The highest BCUT2D eigenvalue weighted by atomic mass is 35.5. The Morgan fingerprint density at radius 3 is 2.64 bits per heavy atom. The van der Waals surface area contributed by atoms with Crippen LogP contribution in [0.3, 0.4) is 0 Å². The molecule has 60 valence electrons. The zero-order valence-electron chi connectivity index (χ0n) is 6.29. The molecule has 0 aliphatic carbocycles. The van der Waals surface area contributed by atoms with Gasteiger partial charge >= 0.3 is 0 Å². The average molecular weight is 187 g/mol. The van der Waals surface area contributed by atoms with Crippen LogP contribution in [-0.4, -0.2) is 15.3 Å². The van der Waals surface area contributed by atoms with Crippen LogP contribution in [0.1, 0.15) is 5.56 Å². The van der Waals surface area contributed by atoms with E-state index in [0.29, 0.717) is 5.50 Å². The first-order chi connectivity index (χ1) is 5.43. The zero-order chi connectivity index (χ0) is 7.94. The van der Waals surface area contributed by atoms with Crippen LogP contribution in [0, 0.1) is 0 Å². The van der Waals surface area contributed by atoms with Gasteiger partial charge in [0.25, 0.3) is 0 Å². The van der Waals surface area contributed by atoms with E-state index in [4.69, 9.17) is 16.0 Å². The molecule has 0 bridgehead atoms. The van der Waals surface area contributed by atoms with Crippen molar-refractivity contribution in [3.63, 3.8) is 0 Å². The number of alkyl halides is 1. The molecular formula is C8H11ClOSi. The molecule has 1 aromatic carbocycles. The highest BCUT2D eigenvalue weighted by Gasteiger charge is 1.89. The van der Waals surface area contributed by atoms with Gasteiger partial charge in [-0.05, 0) is 5.56 Å². The fourth-order valence-electron chi connectivity index (χ4n) is 0.819. The fraction of sp³-hybridized carbons (Fsp3) is 0.250. The number of hydrogen-bond acceptors (Lipinski definition) is 1. The summed E-state index contributed by atoms with van der Waals surface area (Å²) >= 11 is 5.50. The number of hydrogen-bond donors (Lipinski definition) is 0. The molecule has 1 rings (SSSR count). The van der Waals surface area contributed by atoms with Crippen LogP contribution in [-0.2, 0) is 11.0 Å². The molecule has 0 aliphatic heterocycles. The maximum Gasteiger partial charge on any atom is 0.176 e. The summed E-state index contributed by atoms with van der Waals surface area (Å²) in [5.41, 5.74) is 1.93. The molecule has 1 nitrogen and oxygen atoms in total. The first-order valence-corrected chi connectivity index (χ1v) is 5.72. The second kappa shape index (κ2) is 5.35. The van der Waals surface area contributed by atoms with Crippen LogP contribution >= 0.6 is 11.6 Å². The van der Waals surface area contributed by atoms with Crippen LogP contribution in [0.5, 0.6) is 0 Å². The minimum Gasteiger partial charge on any atom is -0.419 e. The predicted octanol–water partition coefficient (Wildman–Crippen LogP) is 1.48. The minimum absolute atomic E-state index is 0.457. The van der Waals surface area contributed by atoms with Crippen molar-refractivity contribution in [2.75, 3.05) is 5.50 Å². The summed E-state index contributed by atoms with van der Waals surface area (Å²) in [5.74, 6) is 0. The second-order valence-corrected chi connectivity index (χ2v) is 4.56. The molecule has 0 heterocycles. The topological polar surface area (TPSA) is 9.23 Å². The van der Waals surface area contributed by atoms with Gasteiger partial charge in [-0.3, -0.25) is 0 Å². The Balaban J connectivity index is 2.28. The smallest absolute Gasteiger partial charge is 0.176 e. The normalized spacial score (nSPS) is 11.0. The van der Waals surface area contributed by atoms with Crippen molar-refractivity contribution in [2.45, 2.75) is 6.61 Å². The van der Waals surface area contributed by atoms with Gasteiger partial charge in [-0.25, -0.2) is 0 Å². The lowest BCUT2D eigenvalue weighted by atomic mass is 10.2. The Kier molecular flexibility index (Phi) is 4.27. The Morgan fingerprint density at radius 1 is 1.27 bits per heavy atom. The largest absolute Gasteiger partial charge is 0.419 e. The van der Waals surface area contributed by atoms with E-state index in [2.05, 4.69) is 12.1 Å². The molecule has 0 spiro atoms. The Hall–Kier alpha value is -0.313. The van der Waals surface area contributed by atoms with Crippen molar-refractivity contribution < 1.29 is 4.43 Å². The summed E-state index contributed by atoms with van der Waals surface area (Å²) in [7, 11) is -0.457. The molecule has 0 N–H and O–H groups in total. The van der Waals surface area contributed by atoms with Gasteiger partial charge in [-0.15, -0.1) is 11.6 Å². The Morgan fingerprint density at radius 2 is 2.00 bits per heavy atom. The van der Waals surface area contributed by atoms with Crippen molar-refractivity contribution in [3.05, 3.63) is 35.9 Å². The third kappa shape index (κ3) is 3.56. The minimum atomic E-state index is -0.457. The third-order valence-electron chi connectivity index (χ3n) is 1.33. The van der Waals surface area contributed by atoms with Crippen molar-refractivity contribution in [1.29, 1.82) is 0 Å². The van der Waals surface area contributed by atoms with Crippen LogP contribution in [0.2, 0.25) is 0 Å². The van der Waals surface area contributed by atoms with E-state index in [-0.39, 0.29) is 0 Å². The Bertz CT molecular complexity index is 191. The van der Waals surface area contributed by atoms with E-state index < -0.39 is 9.76 Å². The first-order valence-electron chi connectivity index (χ1n) is 3.61. The molecule has 0 saturated carbocycles. The average Bonchev–Trinajstić information content (AvgIpc) is 2.07. The number of halogens is 1. The standard InChI is InChI=1S/C8H11ClOSi/c9-7-11-10-6-8-4-2-1-3-5-8/h1-5H,6-7,11H2. The van der Waals surface area contributed by atoms with Crippen molar-refractivity contribution >= 4 is 21.4 Å². The van der Waals surface area contributed by atoms with E-state index in [1.54, 1.807) is 0 Å². The molecule has 0 aliphatic rings. The molecular weight excluding hydrogens is 176 g/mol. The van der Waals surface area contributed by atoms with Gasteiger partial charge in [0.15, 0.2) is 9.76 Å². The summed E-state index contributed by atoms with van der Waals surface area (Å²) in [6.45, 7) is 0.722. The van der Waals surface area contributed by atoms with Crippen molar-refractivity contribution in [3.8, 4) is 0 Å². The monoisotopic (exact) mass is 186 g/mol. The molecule has 0 unspecified atom stereocenters. The second-order valence-electron chi connectivity index (χ2n) is 2.23. The molecule has 1 aromatic rings. The lowest BCUT2D eigenvalue weighted by Crippen LogP contribution is -1.99. The van der Waals surface area contributed by atoms with E-state index in [1.165, 1.54) is 5.56 Å². The van der Waals surface area contributed by atoms with Gasteiger partial charge in [0.2, 0.25) is 0 Å². The Labute approximate surface area is 74.3 Å². The van der Waals surface area contributed by atoms with E-state index >= 15 is 0 Å². The van der Waals surface area contributed by atoms with E-state index in [9.17, 15) is 0 Å². The van der Waals surface area contributed by atoms with Gasteiger partial charge in [0, 0.05) is 5.50 Å². The molecule has 0 aromatic heterocycles. The number of benzene rings is 1. The molecule has 3 heteroatoms. The molecule has 0 radical (unpaired) electrons. The van der Waals surface area contributed by atoms with Gasteiger partial charge in [-0.2, -0.15) is 0 Å². The van der Waals surface area contributed by atoms with Crippen molar-refractivity contribution in [2.24, 2.45) is 0 Å².